The second kappa shape index (κ2) is 2.69. The Morgan fingerprint density at radius 2 is 2.14 bits per heavy atom. The molecule has 0 N–H and O–H groups in total. The van der Waals surface area contributed by atoms with Crippen molar-refractivity contribution < 1.29 is 4.42 Å². The van der Waals surface area contributed by atoms with E-state index in [1.54, 1.807) is 12.4 Å². The molecule has 2 heterocycles. The first kappa shape index (κ1) is 7.30. The molecule has 0 aliphatic carbocycles. The van der Waals surface area contributed by atoms with Crippen molar-refractivity contribution in [3.05, 3.63) is 41.2 Å². The van der Waals surface area contributed by atoms with Crippen LogP contribution in [0.4, 0.5) is 0 Å². The van der Waals surface area contributed by atoms with Gasteiger partial charge in [0.05, 0.1) is 12.4 Å². The topological polar surface area (TPSA) is 37.9 Å². The van der Waals surface area contributed by atoms with Crippen molar-refractivity contribution in [3.63, 3.8) is 0 Å². The number of para-hydroxylation sites is 1. The molecule has 3 rings (SSSR count). The lowest BCUT2D eigenvalue weighted by molar-refractivity contribution is 0.572. The molecule has 0 unspecified atom stereocenters. The van der Waals surface area contributed by atoms with E-state index in [0.717, 1.165) is 16.3 Å². The second-order valence-electron chi connectivity index (χ2n) is 2.96. The number of hydrogen-bond donors (Lipinski definition) is 0. The summed E-state index contributed by atoms with van der Waals surface area (Å²) in [6, 6.07) is 7.79. The second-order valence-corrected chi connectivity index (χ2v) is 2.96. The zero-order valence-corrected chi connectivity index (χ0v) is 7.27. The van der Waals surface area contributed by atoms with Crippen LogP contribution in [0, 0.1) is 0 Å². The number of benzene rings is 1. The molecule has 0 saturated carbocycles. The third-order valence-corrected chi connectivity index (χ3v) is 2.10. The Bertz CT molecular complexity index is 673. The van der Waals surface area contributed by atoms with Crippen molar-refractivity contribution in [1.82, 2.24) is 0 Å². The van der Waals surface area contributed by atoms with Gasteiger partial charge in [-0.1, -0.05) is 12.1 Å². The molecule has 0 atom stereocenters. The molecular formula is C11H6N2O. The molecule has 14 heavy (non-hydrogen) atoms. The lowest BCUT2D eigenvalue weighted by atomic mass is 10.2. The van der Waals surface area contributed by atoms with Crippen LogP contribution in [0.15, 0.2) is 44.9 Å². The van der Waals surface area contributed by atoms with Crippen molar-refractivity contribution in [2.24, 2.45) is 9.98 Å². The summed E-state index contributed by atoms with van der Waals surface area (Å²) in [4.78, 5) is 8.11. The minimum Gasteiger partial charge on any atom is -0.453 e. The number of nitrogens with zero attached hydrogens (tertiary/aromatic N) is 2. The molecule has 1 aliphatic rings. The molecule has 66 valence electrons. The maximum Gasteiger partial charge on any atom is 0.172 e. The van der Waals surface area contributed by atoms with Gasteiger partial charge in [0.15, 0.2) is 5.42 Å². The van der Waals surface area contributed by atoms with Crippen LogP contribution in [0.3, 0.4) is 0 Å². The summed E-state index contributed by atoms with van der Waals surface area (Å²) in [5.41, 5.74) is 1.52. The van der Waals surface area contributed by atoms with Gasteiger partial charge in [-0.3, -0.25) is 0 Å². The van der Waals surface area contributed by atoms with Crippen LogP contribution in [0.2, 0.25) is 0 Å². The maximum absolute atomic E-state index is 5.57. The van der Waals surface area contributed by atoms with Gasteiger partial charge in [0, 0.05) is 11.3 Å². The quantitative estimate of drug-likeness (QED) is 0.598. The normalized spacial score (nSPS) is 13.1. The Hall–Kier alpha value is -2.12. The fraction of sp³-hybridized carbons (Fsp3) is 0. The maximum atomic E-state index is 5.57. The van der Waals surface area contributed by atoms with Gasteiger partial charge in [0.1, 0.15) is 10.9 Å². The van der Waals surface area contributed by atoms with Gasteiger partial charge in [-0.25, -0.2) is 9.98 Å². The van der Waals surface area contributed by atoms with Crippen LogP contribution < -0.4 is 10.8 Å². The molecule has 0 amide bonds. The van der Waals surface area contributed by atoms with E-state index in [4.69, 9.17) is 4.42 Å². The fourth-order valence-electron chi connectivity index (χ4n) is 1.49. The van der Waals surface area contributed by atoms with Gasteiger partial charge in [0.25, 0.3) is 0 Å². The monoisotopic (exact) mass is 182 g/mol. The van der Waals surface area contributed by atoms with Crippen LogP contribution in [0.25, 0.3) is 17.2 Å². The molecule has 1 aliphatic heterocycles. The molecule has 0 radical (unpaired) electrons. The summed E-state index contributed by atoms with van der Waals surface area (Å²) < 4.78 is 5.57. The summed E-state index contributed by atoms with van der Waals surface area (Å²) in [6.45, 7) is 0. The van der Waals surface area contributed by atoms with Gasteiger partial charge in [0.2, 0.25) is 0 Å². The standard InChI is InChI=1S/C11H6N2O/c1-2-4-9-8(3-1)11-10(14-9)7-12-5-6-13-11/h1-4,6-7H. The average molecular weight is 182 g/mol. The predicted molar refractivity (Wildman–Crippen MR) is 53.5 cm³/mol. The molecule has 0 spiro atoms. The van der Waals surface area contributed by atoms with E-state index >= 15 is 0 Å². The first-order valence-corrected chi connectivity index (χ1v) is 4.28. The van der Waals surface area contributed by atoms with E-state index in [-0.39, 0.29) is 0 Å². The molecule has 0 fully saturated rings. The van der Waals surface area contributed by atoms with Gasteiger partial charge < -0.3 is 4.42 Å². The van der Waals surface area contributed by atoms with E-state index in [9.17, 15) is 0 Å². The van der Waals surface area contributed by atoms with Gasteiger partial charge in [-0.15, -0.1) is 0 Å². The zero-order chi connectivity index (χ0) is 9.38. The molecule has 3 heteroatoms. The fourth-order valence-corrected chi connectivity index (χ4v) is 1.49. The third kappa shape index (κ3) is 0.934. The predicted octanol–water partition coefficient (Wildman–Crippen LogP) is 0.987. The Kier molecular flexibility index (Phi) is 1.40. The Balaban J connectivity index is 2.63. The van der Waals surface area contributed by atoms with Crippen molar-refractivity contribution in [2.75, 3.05) is 0 Å². The van der Waals surface area contributed by atoms with Gasteiger partial charge in [-0.2, -0.15) is 0 Å². The number of rotatable bonds is 0. The summed E-state index contributed by atoms with van der Waals surface area (Å²) in [5.74, 6) is 2.66. The first-order valence-electron chi connectivity index (χ1n) is 4.28. The largest absolute Gasteiger partial charge is 0.453 e. The van der Waals surface area contributed by atoms with Crippen LogP contribution in [0.5, 0.6) is 0 Å². The van der Waals surface area contributed by atoms with Gasteiger partial charge >= 0.3 is 0 Å². The molecule has 1 aromatic heterocycles. The first-order chi connectivity index (χ1) is 6.95. The summed E-state index contributed by atoms with van der Waals surface area (Å²) in [5, 5.41) is 1.84. The summed E-state index contributed by atoms with van der Waals surface area (Å²) in [6.07, 6.45) is 3.17. The SMILES string of the molecule is C1=CN=c2c(oc3ccccc23)=CN=1. The highest BCUT2D eigenvalue weighted by Crippen LogP contribution is 2.06. The van der Waals surface area contributed by atoms with Crippen LogP contribution in [-0.4, -0.2) is 5.87 Å². The van der Waals surface area contributed by atoms with E-state index in [0.29, 0.717) is 5.42 Å². The zero-order valence-electron chi connectivity index (χ0n) is 7.27. The van der Waals surface area contributed by atoms with Crippen molar-refractivity contribution >= 4 is 23.0 Å². The Labute approximate surface area is 79.4 Å². The summed E-state index contributed by atoms with van der Waals surface area (Å²) in [7, 11) is 0. The van der Waals surface area contributed by atoms with E-state index in [1.165, 1.54) is 0 Å². The number of hydrogen-bond acceptors (Lipinski definition) is 3. The molecule has 0 saturated heterocycles. The number of fused-ring (bicyclic) bond motifs is 3. The van der Waals surface area contributed by atoms with Gasteiger partial charge in [-0.05, 0) is 12.1 Å². The molecule has 2 aromatic rings. The molecule has 3 nitrogen and oxygen atoms in total. The number of aliphatic imine (C=N–C) groups is 1. The highest BCUT2D eigenvalue weighted by Gasteiger charge is 2.02. The minimum atomic E-state index is 0.687. The lowest BCUT2D eigenvalue weighted by Crippen LogP contribution is -2.18. The smallest absolute Gasteiger partial charge is 0.172 e. The Morgan fingerprint density at radius 1 is 1.21 bits per heavy atom. The third-order valence-electron chi connectivity index (χ3n) is 2.10. The molecular weight excluding hydrogens is 176 g/mol. The van der Waals surface area contributed by atoms with Crippen molar-refractivity contribution in [2.45, 2.75) is 0 Å². The number of furan rings is 1. The lowest BCUT2D eigenvalue weighted by Gasteiger charge is -1.82. The highest BCUT2D eigenvalue weighted by atomic mass is 16.3. The van der Waals surface area contributed by atoms with Crippen molar-refractivity contribution in [1.29, 1.82) is 0 Å². The molecule has 0 bridgehead atoms. The molecule has 1 aromatic carbocycles. The minimum absolute atomic E-state index is 0.687. The van der Waals surface area contributed by atoms with E-state index in [1.807, 2.05) is 24.3 Å². The average Bonchev–Trinajstić information content (AvgIpc) is 2.42. The van der Waals surface area contributed by atoms with Crippen LogP contribution in [0.1, 0.15) is 0 Å². The summed E-state index contributed by atoms with van der Waals surface area (Å²) >= 11 is 0. The van der Waals surface area contributed by atoms with E-state index < -0.39 is 0 Å². The van der Waals surface area contributed by atoms with E-state index in [2.05, 4.69) is 15.9 Å². The highest BCUT2D eigenvalue weighted by molar-refractivity contribution is 5.77. The van der Waals surface area contributed by atoms with Crippen LogP contribution in [-0.2, 0) is 0 Å². The van der Waals surface area contributed by atoms with Crippen LogP contribution >= 0.6 is 0 Å². The Morgan fingerprint density at radius 3 is 3.14 bits per heavy atom. The van der Waals surface area contributed by atoms with Crippen molar-refractivity contribution in [3.8, 4) is 0 Å².